The minimum absolute atomic E-state index is 0. The number of esters is 6. The molecule has 764 valence electrons. The minimum Gasteiger partial charge on any atom is -0.870 e. The average molecular weight is 2100 g/mol. The molecule has 3 N–H and O–H groups in total. The summed E-state index contributed by atoms with van der Waals surface area (Å²) in [4.78, 5) is 137. The second-order valence-corrected chi connectivity index (χ2v) is 34.4. The first-order chi connectivity index (χ1) is 68.2. The molecule has 11 rings (SSSR count). The number of unbranched alkanes of at least 4 members (excludes halogenated alkanes) is 12. The summed E-state index contributed by atoms with van der Waals surface area (Å²) in [6.45, 7) is 20.9. The van der Waals surface area contributed by atoms with Gasteiger partial charge in [0.2, 0.25) is 9.23 Å². The van der Waals surface area contributed by atoms with Gasteiger partial charge in [0.25, 0.3) is 5.24 Å². The molecule has 9 aromatic rings. The van der Waals surface area contributed by atoms with Crippen molar-refractivity contribution in [1.82, 2.24) is 4.90 Å². The van der Waals surface area contributed by atoms with Crippen molar-refractivity contribution in [2.24, 2.45) is 0 Å². The molecule has 0 unspecified atom stereocenters. The van der Waals surface area contributed by atoms with Gasteiger partial charge in [0.15, 0.2) is 11.6 Å². The van der Waals surface area contributed by atoms with Crippen LogP contribution in [-0.4, -0.2) is 180 Å². The smallest absolute Gasteiger partial charge is 0.870 e. The van der Waals surface area contributed by atoms with Gasteiger partial charge in [-0.15, -0.1) is 23.2 Å². The van der Waals surface area contributed by atoms with Crippen LogP contribution in [0.4, 0.5) is 0 Å². The maximum Gasteiger partial charge on any atom is 1.00 e. The Balaban J connectivity index is 0.000000592. The van der Waals surface area contributed by atoms with Gasteiger partial charge in [-0.3, -0.25) is 33.6 Å². The predicted octanol–water partition coefficient (Wildman–Crippen LogP) is 20.7. The molecule has 0 bridgehead atoms. The summed E-state index contributed by atoms with van der Waals surface area (Å²) >= 11 is 16.2. The number of benzene rings is 9. The van der Waals surface area contributed by atoms with E-state index in [0.717, 1.165) is 167 Å². The fourth-order valence-corrected chi connectivity index (χ4v) is 13.2. The number of aromatic carboxylic acids is 1. The summed E-state index contributed by atoms with van der Waals surface area (Å²) in [5, 5.41) is 17.0. The Morgan fingerprint density at radius 1 is 0.406 bits per heavy atom. The van der Waals surface area contributed by atoms with E-state index >= 15 is 0 Å². The molecule has 0 fully saturated rings. The van der Waals surface area contributed by atoms with E-state index < -0.39 is 44.3 Å². The molecule has 9 aromatic carbocycles. The number of ether oxygens (including phenoxy) is 10. The van der Waals surface area contributed by atoms with Gasteiger partial charge >= 0.3 is 71.3 Å². The van der Waals surface area contributed by atoms with Crippen molar-refractivity contribution < 1.29 is 154 Å². The number of phenols is 1. The number of aromatic hydroxyl groups is 1. The summed E-state index contributed by atoms with van der Waals surface area (Å²) in [7, 11) is 7.36. The first-order valence-corrected chi connectivity index (χ1v) is 50.6. The molecule has 2 aliphatic carbocycles. The first-order valence-electron chi connectivity index (χ1n) is 46.3. The molecule has 143 heavy (non-hydrogen) atoms. The molecule has 0 heterocycles. The van der Waals surface area contributed by atoms with Gasteiger partial charge in [0.1, 0.15) is 52.8 Å². The predicted molar refractivity (Wildman–Crippen MR) is 552 cm³/mol. The van der Waals surface area contributed by atoms with Crippen LogP contribution in [0.5, 0.6) is 40.2 Å². The topological polar surface area (TPSA) is 388 Å². The molecular weight excluding hydrogens is 1970 g/mol. The number of rotatable bonds is 50. The monoisotopic (exact) mass is 2090 g/mol. The largest absolute Gasteiger partial charge is 1.00 e. The molecule has 2 aliphatic rings. The van der Waals surface area contributed by atoms with E-state index in [1.54, 1.807) is 133 Å². The van der Waals surface area contributed by atoms with Gasteiger partial charge in [-0.2, -0.15) is 0 Å². The number of hydrogen-bond acceptors (Lipinski definition) is 26. The third-order valence-corrected chi connectivity index (χ3v) is 21.0. The van der Waals surface area contributed by atoms with Crippen molar-refractivity contribution >= 4 is 143 Å². The molecule has 0 saturated heterocycles. The van der Waals surface area contributed by atoms with Crippen LogP contribution < -0.4 is 58.0 Å². The van der Waals surface area contributed by atoms with E-state index in [4.69, 9.17) is 96.6 Å². The maximum atomic E-state index is 12.6. The molecule has 0 amide bonds. The SMILES string of the molecule is C=CC(=O)OCCCCCCOc1ccc(C(=O)Oc2ccc(/C=C3\Cc4ccccc4C3=O)cc2)cc1.C=CC(=O)OCCCCCCOc1ccc(C(=O)Oc2ccc(C=O)cc2)cc1.CCN(CC)CC.O=C(CCCl)OCCCCCCOc1ccc(C(=O)Cl)cc1.O=C(CCCl)OCCCCCCOc1ccc(C(=O)O)cc1.O=C1CCc2ccccc21.O=Cc1ccc(O)cc1.O=S(Cl)Cl.[Na+].[OH-]. The number of Topliss-reactive ketones (excluding diaryl/α,β-unsaturated/α-hetero) is 2. The molecule has 0 aliphatic heterocycles. The van der Waals surface area contributed by atoms with E-state index in [1.165, 1.54) is 49.5 Å². The minimum atomic E-state index is -1.67. The number of carbonyl (C=O) groups is 12. The van der Waals surface area contributed by atoms with Crippen molar-refractivity contribution in [2.45, 2.75) is 156 Å². The molecule has 0 spiro atoms. The number of aryl methyl sites for hydroxylation is 1. The average Bonchev–Trinajstić information content (AvgIpc) is 1.64. The number of nitrogens with zero attached hydrogens (tertiary/aromatic N) is 1. The Labute approximate surface area is 885 Å². The number of carboxylic acids is 1. The van der Waals surface area contributed by atoms with E-state index in [-0.39, 0.29) is 76.9 Å². The Kier molecular flexibility index (Phi) is 70.2. The van der Waals surface area contributed by atoms with E-state index in [0.29, 0.717) is 140 Å². The number of aldehydes is 2. The Morgan fingerprint density at radius 2 is 0.720 bits per heavy atom. The molecule has 27 nitrogen and oxygen atoms in total. The molecule has 0 radical (unpaired) electrons. The van der Waals surface area contributed by atoms with Crippen LogP contribution in [0.2, 0.25) is 0 Å². The first kappa shape index (κ1) is 127. The van der Waals surface area contributed by atoms with Crippen molar-refractivity contribution in [3.05, 3.63) is 310 Å². The number of alkyl halides is 2. The van der Waals surface area contributed by atoms with Crippen molar-refractivity contribution in [2.75, 3.05) is 84.2 Å². The fourth-order valence-electron chi connectivity index (χ4n) is 12.7. The van der Waals surface area contributed by atoms with Gasteiger partial charge < -0.3 is 68.0 Å². The quantitative estimate of drug-likeness (QED) is 0.00411. The molecule has 0 aromatic heterocycles. The van der Waals surface area contributed by atoms with Crippen LogP contribution in [0, 0.1) is 0 Å². The normalized spacial score (nSPS) is 11.1. The number of allylic oxidation sites excluding steroid dienone is 1. The van der Waals surface area contributed by atoms with Crippen LogP contribution in [-0.2, 0) is 60.2 Å². The Hall–Kier alpha value is -11.6. The van der Waals surface area contributed by atoms with Gasteiger partial charge in [-0.1, -0.05) is 94.6 Å². The number of carbonyl (C=O) groups excluding carboxylic acids is 11. The van der Waals surface area contributed by atoms with Gasteiger partial charge in [-0.05, 0) is 321 Å². The zero-order valence-electron chi connectivity index (χ0n) is 81.1. The number of phenolic OH excluding ortho intramolecular Hbond substituents is 1. The number of fused-ring (bicyclic) bond motifs is 2. The zero-order chi connectivity index (χ0) is 103. The van der Waals surface area contributed by atoms with Crippen LogP contribution >= 0.6 is 56.2 Å². The van der Waals surface area contributed by atoms with E-state index in [1.807, 2.05) is 66.7 Å². The fraction of sp³-hybridized carbons (Fsp3) is 0.339. The molecule has 0 atom stereocenters. The maximum absolute atomic E-state index is 12.6. The summed E-state index contributed by atoms with van der Waals surface area (Å²) in [6, 6.07) is 61.6. The van der Waals surface area contributed by atoms with Crippen molar-refractivity contribution in [3.8, 4) is 40.2 Å². The zero-order valence-corrected chi connectivity index (χ0v) is 87.7. The van der Waals surface area contributed by atoms with Crippen LogP contribution in [0.25, 0.3) is 6.08 Å². The number of carboxylic acid groups (broad SMARTS) is 1. The summed E-state index contributed by atoms with van der Waals surface area (Å²) in [5.74, 6) is 1.54. The number of ketones is 2. The summed E-state index contributed by atoms with van der Waals surface area (Å²) < 4.78 is 62.2. The van der Waals surface area contributed by atoms with Crippen LogP contribution in [0.3, 0.4) is 0 Å². The molecular formula is C109H125Cl5NNaO26S. The second-order valence-electron chi connectivity index (χ2n) is 30.8. The Morgan fingerprint density at radius 3 is 1.04 bits per heavy atom. The molecule has 34 heteroatoms. The van der Waals surface area contributed by atoms with E-state index in [9.17, 15) is 57.5 Å². The van der Waals surface area contributed by atoms with Gasteiger partial charge in [-0.25, -0.2) is 28.2 Å². The van der Waals surface area contributed by atoms with E-state index in [2.05, 4.69) is 60.2 Å². The van der Waals surface area contributed by atoms with Gasteiger partial charge in [0.05, 0.1) is 82.4 Å². The number of hydrogen-bond donors (Lipinski definition) is 2. The van der Waals surface area contributed by atoms with Crippen LogP contribution in [0.1, 0.15) is 242 Å². The van der Waals surface area contributed by atoms with Crippen molar-refractivity contribution in [3.63, 3.8) is 0 Å². The number of halogens is 5. The van der Waals surface area contributed by atoms with Crippen LogP contribution in [0.15, 0.2) is 249 Å². The van der Waals surface area contributed by atoms with Crippen molar-refractivity contribution in [1.29, 1.82) is 0 Å². The standard InChI is InChI=1S/C32H30O6.C23H24O6.C16H20Cl2O4.C16H21ClO5.C9H8O.C7H6O2.C6H15N.Cl2OS.Na.H2O/c1-2-30(33)37-20-8-4-3-7-19-36-27-17-13-24(14-18-27)32(35)38-28-15-11-23(12-16-28)21-26-22-25-9-5-6-10-29(25)31(26)34;1-2-22(25)28-16-6-4-3-5-15-27-20-13-9-19(10-14-20)23(26)29-21-11-7-18(17-24)8-12-21;17-10-9-15(19)22-12-4-2-1-3-11-21-14-7-5-13(6-8-14)16(18)20;17-10-9-15(18)22-12-4-2-1-3-11-21-14-7-5-13(6-8-14)16(19)20;10-9-6-5-7-3-1-2-4-8(7)9;8-5-6-1-3-7(9)4-2-6;1-4-7(5-2)6-3;1-4(2)3;;/h2,5-6,9-18,21H,1,3-4,7-8,19-20,22H2;2,7-14,17H,1,3-6,15-16H2;5-8H,1-4,9-12H2;5-8H,1-4,9-12H2,(H,19,20);1-4H,5-6H2;1-5,9H;4-6H2,1-3H3;;;1H2/q;;;;;;;;+1;/p-1/b26-21+;;;;;;;;;. The third-order valence-electron chi connectivity index (χ3n) is 20.4. The molecule has 0 saturated carbocycles. The third kappa shape index (κ3) is 57.4. The summed E-state index contributed by atoms with van der Waals surface area (Å²) in [6.07, 6.45) is 23.1. The van der Waals surface area contributed by atoms with Gasteiger partial charge in [0, 0.05) is 91.5 Å². The summed E-state index contributed by atoms with van der Waals surface area (Å²) in [5.41, 5.74) is 8.22. The Bertz CT molecular complexity index is 5220. The second kappa shape index (κ2) is 78.8.